The lowest BCUT2D eigenvalue weighted by atomic mass is 9.96. The molecule has 0 aromatic heterocycles. The Morgan fingerprint density at radius 1 is 1.73 bits per heavy atom. The molecule has 0 aromatic rings. The van der Waals surface area contributed by atoms with Gasteiger partial charge in [0.2, 0.25) is 5.91 Å². The van der Waals surface area contributed by atoms with Crippen molar-refractivity contribution in [2.75, 3.05) is 0 Å². The second kappa shape index (κ2) is 3.56. The third-order valence-electron chi connectivity index (χ3n) is 2.04. The van der Waals surface area contributed by atoms with E-state index in [9.17, 15) is 4.79 Å². The van der Waals surface area contributed by atoms with Gasteiger partial charge in [0.05, 0.1) is 0 Å². The summed E-state index contributed by atoms with van der Waals surface area (Å²) in [6, 6.07) is 0. The van der Waals surface area contributed by atoms with E-state index in [0.29, 0.717) is 12.3 Å². The number of allylic oxidation sites excluding steroid dienone is 2. The zero-order valence-electron chi connectivity index (χ0n) is 7.18. The highest BCUT2D eigenvalue weighted by Crippen LogP contribution is 2.19. The normalized spacial score (nSPS) is 28.7. The van der Waals surface area contributed by atoms with Crippen molar-refractivity contribution in [3.63, 3.8) is 0 Å². The van der Waals surface area contributed by atoms with Crippen LogP contribution in [-0.2, 0) is 4.79 Å². The summed E-state index contributed by atoms with van der Waals surface area (Å²) in [7, 11) is 0. The zero-order chi connectivity index (χ0) is 8.27. The molecule has 1 aliphatic rings. The molecule has 11 heavy (non-hydrogen) atoms. The van der Waals surface area contributed by atoms with E-state index in [1.807, 2.05) is 0 Å². The summed E-state index contributed by atoms with van der Waals surface area (Å²) in [4.78, 5) is 10.9. The first-order valence-electron chi connectivity index (χ1n) is 4.24. The number of amides is 1. The first-order chi connectivity index (χ1) is 5.24. The molecule has 0 radical (unpaired) electrons. The van der Waals surface area contributed by atoms with Crippen LogP contribution in [0.3, 0.4) is 0 Å². The van der Waals surface area contributed by atoms with Crippen molar-refractivity contribution in [2.45, 2.75) is 33.1 Å². The highest BCUT2D eigenvalue weighted by atomic mass is 16.1. The van der Waals surface area contributed by atoms with Gasteiger partial charge in [0.1, 0.15) is 0 Å². The van der Waals surface area contributed by atoms with Crippen LogP contribution in [0, 0.1) is 5.92 Å². The summed E-state index contributed by atoms with van der Waals surface area (Å²) < 4.78 is 0. The summed E-state index contributed by atoms with van der Waals surface area (Å²) in [6.07, 6.45) is 4.78. The molecule has 0 aromatic carbocycles. The van der Waals surface area contributed by atoms with Crippen LogP contribution in [0.2, 0.25) is 0 Å². The third-order valence-corrected chi connectivity index (χ3v) is 2.04. The van der Waals surface area contributed by atoms with Crippen molar-refractivity contribution in [1.82, 2.24) is 5.32 Å². The average molecular weight is 153 g/mol. The fourth-order valence-corrected chi connectivity index (χ4v) is 1.32. The number of piperidine rings is 1. The molecule has 1 atom stereocenters. The number of nitrogens with one attached hydrogen (secondary N) is 1. The summed E-state index contributed by atoms with van der Waals surface area (Å²) in [5, 5.41) is 2.89. The topological polar surface area (TPSA) is 29.1 Å². The minimum atomic E-state index is 0.169. The first-order valence-corrected chi connectivity index (χ1v) is 4.24. The Labute approximate surface area is 67.7 Å². The van der Waals surface area contributed by atoms with Crippen LogP contribution in [0.5, 0.6) is 0 Å². The van der Waals surface area contributed by atoms with Crippen LogP contribution in [0.1, 0.15) is 33.1 Å². The molecule has 62 valence electrons. The second-order valence-electron chi connectivity index (χ2n) is 3.06. The Kier molecular flexibility index (Phi) is 2.69. The predicted octanol–water partition coefficient (Wildman–Crippen LogP) is 1.83. The van der Waals surface area contributed by atoms with Crippen LogP contribution in [-0.4, -0.2) is 5.91 Å². The lowest BCUT2D eigenvalue weighted by Gasteiger charge is -2.22. The van der Waals surface area contributed by atoms with Gasteiger partial charge in [-0.25, -0.2) is 0 Å². The molecule has 0 saturated carbocycles. The van der Waals surface area contributed by atoms with Gasteiger partial charge >= 0.3 is 0 Å². The number of carbonyl (C=O) groups excluding carboxylic acids is 1. The molecule has 1 fully saturated rings. The van der Waals surface area contributed by atoms with Crippen LogP contribution in [0.25, 0.3) is 0 Å². The maximum atomic E-state index is 10.9. The van der Waals surface area contributed by atoms with E-state index >= 15 is 0 Å². The average Bonchev–Trinajstić information content (AvgIpc) is 1.98. The van der Waals surface area contributed by atoms with Crippen molar-refractivity contribution < 1.29 is 4.79 Å². The zero-order valence-corrected chi connectivity index (χ0v) is 7.18. The van der Waals surface area contributed by atoms with Crippen molar-refractivity contribution in [3.05, 3.63) is 11.8 Å². The van der Waals surface area contributed by atoms with Crippen LogP contribution < -0.4 is 5.32 Å². The Morgan fingerprint density at radius 3 is 3.09 bits per heavy atom. The van der Waals surface area contributed by atoms with Crippen molar-refractivity contribution in [1.29, 1.82) is 0 Å². The molecule has 1 N–H and O–H groups in total. The fourth-order valence-electron chi connectivity index (χ4n) is 1.32. The van der Waals surface area contributed by atoms with Gasteiger partial charge in [0.25, 0.3) is 0 Å². The lowest BCUT2D eigenvalue weighted by Crippen LogP contribution is -2.31. The quantitative estimate of drug-likeness (QED) is 0.611. The van der Waals surface area contributed by atoms with Gasteiger partial charge in [-0.05, 0) is 18.8 Å². The van der Waals surface area contributed by atoms with E-state index in [0.717, 1.165) is 18.5 Å². The van der Waals surface area contributed by atoms with Gasteiger partial charge in [-0.15, -0.1) is 0 Å². The number of hydrogen-bond donors (Lipinski definition) is 1. The third kappa shape index (κ3) is 2.07. The molecular formula is C9H15NO. The summed E-state index contributed by atoms with van der Waals surface area (Å²) in [5.74, 6) is 0.704. The molecule has 0 spiro atoms. The fraction of sp³-hybridized carbons (Fsp3) is 0.667. The minimum Gasteiger partial charge on any atom is -0.330 e. The lowest BCUT2D eigenvalue weighted by molar-refractivity contribution is -0.121. The molecule has 1 aliphatic heterocycles. The predicted molar refractivity (Wildman–Crippen MR) is 44.9 cm³/mol. The highest BCUT2D eigenvalue weighted by Gasteiger charge is 2.18. The second-order valence-corrected chi connectivity index (χ2v) is 3.06. The molecule has 2 nitrogen and oxygen atoms in total. The number of hydrogen-bond acceptors (Lipinski definition) is 1. The Bertz CT molecular complexity index is 184. The maximum Gasteiger partial charge on any atom is 0.224 e. The smallest absolute Gasteiger partial charge is 0.224 e. The van der Waals surface area contributed by atoms with E-state index in [1.54, 1.807) is 0 Å². The largest absolute Gasteiger partial charge is 0.330 e. The Balaban J connectivity index is 2.61. The van der Waals surface area contributed by atoms with E-state index in [2.05, 4.69) is 25.2 Å². The summed E-state index contributed by atoms with van der Waals surface area (Å²) in [5.41, 5.74) is 1.11. The van der Waals surface area contributed by atoms with E-state index in [1.165, 1.54) is 0 Å². The molecule has 1 unspecified atom stereocenters. The standard InChI is InChI=1S/C9H15NO/c1-3-4-8-7(2)5-6-9(11)10-8/h4,7H,3,5-6H2,1-2H3,(H,10,11)/b8-4+. The molecule has 1 heterocycles. The van der Waals surface area contributed by atoms with Crippen LogP contribution >= 0.6 is 0 Å². The summed E-state index contributed by atoms with van der Waals surface area (Å²) in [6.45, 7) is 4.24. The number of carbonyl (C=O) groups is 1. The summed E-state index contributed by atoms with van der Waals surface area (Å²) >= 11 is 0. The monoisotopic (exact) mass is 153 g/mol. The van der Waals surface area contributed by atoms with Gasteiger partial charge in [-0.2, -0.15) is 0 Å². The van der Waals surface area contributed by atoms with Gasteiger partial charge < -0.3 is 5.32 Å². The minimum absolute atomic E-state index is 0.169. The first kappa shape index (κ1) is 8.31. The Hall–Kier alpha value is -0.790. The maximum absolute atomic E-state index is 10.9. The molecule has 1 rings (SSSR count). The van der Waals surface area contributed by atoms with Gasteiger partial charge in [0, 0.05) is 12.1 Å². The van der Waals surface area contributed by atoms with Crippen molar-refractivity contribution in [2.24, 2.45) is 5.92 Å². The van der Waals surface area contributed by atoms with Gasteiger partial charge in [0.15, 0.2) is 0 Å². The van der Waals surface area contributed by atoms with E-state index in [4.69, 9.17) is 0 Å². The molecule has 2 heteroatoms. The Morgan fingerprint density at radius 2 is 2.45 bits per heavy atom. The molecule has 1 amide bonds. The molecule has 0 aliphatic carbocycles. The molecule has 1 saturated heterocycles. The van der Waals surface area contributed by atoms with Gasteiger partial charge in [-0.1, -0.05) is 19.9 Å². The van der Waals surface area contributed by atoms with E-state index in [-0.39, 0.29) is 5.91 Å². The number of rotatable bonds is 1. The van der Waals surface area contributed by atoms with E-state index < -0.39 is 0 Å². The van der Waals surface area contributed by atoms with Crippen LogP contribution in [0.15, 0.2) is 11.8 Å². The van der Waals surface area contributed by atoms with Crippen molar-refractivity contribution >= 4 is 5.91 Å². The molecular weight excluding hydrogens is 138 g/mol. The SMILES string of the molecule is CC/C=C1/NC(=O)CCC1C. The van der Waals surface area contributed by atoms with Crippen LogP contribution in [0.4, 0.5) is 0 Å². The molecule has 0 bridgehead atoms. The van der Waals surface area contributed by atoms with Gasteiger partial charge in [-0.3, -0.25) is 4.79 Å². The highest BCUT2D eigenvalue weighted by molar-refractivity contribution is 5.79. The van der Waals surface area contributed by atoms with Crippen molar-refractivity contribution in [3.8, 4) is 0 Å².